The minimum absolute atomic E-state index is 0.0252. The average molecular weight is 366 g/mol. The van der Waals surface area contributed by atoms with Crippen LogP contribution < -0.4 is 5.32 Å². The topological polar surface area (TPSA) is 86.1 Å². The lowest BCUT2D eigenvalue weighted by molar-refractivity contribution is -0.142. The van der Waals surface area contributed by atoms with Crippen LogP contribution in [0.25, 0.3) is 0 Å². The van der Waals surface area contributed by atoms with Gasteiger partial charge in [-0.2, -0.15) is 0 Å². The van der Waals surface area contributed by atoms with Gasteiger partial charge in [0.25, 0.3) is 0 Å². The normalized spacial score (nSPS) is 10.5. The number of rotatable bonds is 8. The van der Waals surface area contributed by atoms with Gasteiger partial charge in [-0.25, -0.2) is 4.39 Å². The van der Waals surface area contributed by atoms with Crippen molar-refractivity contribution in [1.82, 2.24) is 20.1 Å². The van der Waals surface area contributed by atoms with Gasteiger partial charge in [-0.15, -0.1) is 10.2 Å². The number of esters is 1. The zero-order valence-corrected chi connectivity index (χ0v) is 14.8. The SMILES string of the molecule is CCOC(=O)Cc1nnc(SCC(=O)NCc2ccccc2F)n1C. The molecule has 1 N–H and O–H groups in total. The third-order valence-electron chi connectivity index (χ3n) is 3.30. The standard InChI is InChI=1S/C16H19FN4O3S/c1-3-24-15(23)8-13-19-20-16(21(13)2)25-10-14(22)18-9-11-6-4-5-7-12(11)17/h4-7H,3,8-10H2,1-2H3,(H,18,22). The smallest absolute Gasteiger partial charge is 0.313 e. The first-order chi connectivity index (χ1) is 12.0. The van der Waals surface area contributed by atoms with Gasteiger partial charge in [-0.05, 0) is 13.0 Å². The second-order valence-electron chi connectivity index (χ2n) is 5.10. The Balaban J connectivity index is 1.83. The van der Waals surface area contributed by atoms with Crippen LogP contribution in [0.5, 0.6) is 0 Å². The highest BCUT2D eigenvalue weighted by Gasteiger charge is 2.15. The van der Waals surface area contributed by atoms with Gasteiger partial charge in [-0.3, -0.25) is 9.59 Å². The summed E-state index contributed by atoms with van der Waals surface area (Å²) in [5.74, 6) is -0.403. The van der Waals surface area contributed by atoms with Crippen LogP contribution in [-0.2, 0) is 34.3 Å². The highest BCUT2D eigenvalue weighted by atomic mass is 32.2. The quantitative estimate of drug-likeness (QED) is 0.562. The van der Waals surface area contributed by atoms with E-state index in [1.54, 1.807) is 36.7 Å². The first-order valence-corrected chi connectivity index (χ1v) is 8.66. The van der Waals surface area contributed by atoms with Crippen LogP contribution in [0, 0.1) is 5.82 Å². The third-order valence-corrected chi connectivity index (χ3v) is 4.32. The molecule has 0 aliphatic rings. The van der Waals surface area contributed by atoms with E-state index in [2.05, 4.69) is 15.5 Å². The summed E-state index contributed by atoms with van der Waals surface area (Å²) in [6.45, 7) is 2.16. The van der Waals surface area contributed by atoms with E-state index >= 15 is 0 Å². The number of nitrogens with zero attached hydrogens (tertiary/aromatic N) is 3. The summed E-state index contributed by atoms with van der Waals surface area (Å²) in [7, 11) is 1.72. The Bertz CT molecular complexity index is 751. The number of hydrogen-bond acceptors (Lipinski definition) is 6. The number of halogens is 1. The molecule has 1 aromatic carbocycles. The number of aromatic nitrogens is 3. The van der Waals surface area contributed by atoms with Crippen molar-refractivity contribution in [1.29, 1.82) is 0 Å². The molecule has 0 atom stereocenters. The third kappa shape index (κ3) is 5.56. The fraction of sp³-hybridized carbons (Fsp3) is 0.375. The van der Waals surface area contributed by atoms with Crippen molar-refractivity contribution in [3.05, 3.63) is 41.5 Å². The predicted octanol–water partition coefficient (Wildman–Crippen LogP) is 1.47. The molecule has 134 valence electrons. The number of amides is 1. The molecule has 1 amide bonds. The number of thioether (sulfide) groups is 1. The second kappa shape index (κ2) is 9.16. The van der Waals surface area contributed by atoms with Gasteiger partial charge in [0.2, 0.25) is 5.91 Å². The number of benzene rings is 1. The van der Waals surface area contributed by atoms with Crippen LogP contribution in [-0.4, -0.2) is 39.0 Å². The van der Waals surface area contributed by atoms with Crippen LogP contribution >= 0.6 is 11.8 Å². The van der Waals surface area contributed by atoms with Crippen molar-refractivity contribution in [2.75, 3.05) is 12.4 Å². The van der Waals surface area contributed by atoms with E-state index in [0.717, 1.165) is 0 Å². The molecule has 1 heterocycles. The second-order valence-corrected chi connectivity index (χ2v) is 6.04. The van der Waals surface area contributed by atoms with E-state index in [-0.39, 0.29) is 36.4 Å². The van der Waals surface area contributed by atoms with Crippen LogP contribution in [0.1, 0.15) is 18.3 Å². The van der Waals surface area contributed by atoms with Gasteiger partial charge in [0.1, 0.15) is 18.1 Å². The molecule has 0 spiro atoms. The molecule has 0 radical (unpaired) electrons. The van der Waals surface area contributed by atoms with Gasteiger partial charge in [0, 0.05) is 19.2 Å². The summed E-state index contributed by atoms with van der Waals surface area (Å²) < 4.78 is 20.0. The van der Waals surface area contributed by atoms with Crippen LogP contribution in [0.15, 0.2) is 29.4 Å². The molecule has 2 rings (SSSR count). The van der Waals surface area contributed by atoms with Crippen LogP contribution in [0.3, 0.4) is 0 Å². The maximum absolute atomic E-state index is 13.5. The Morgan fingerprint density at radius 1 is 1.32 bits per heavy atom. The van der Waals surface area contributed by atoms with Crippen molar-refractivity contribution in [2.45, 2.75) is 25.0 Å². The van der Waals surface area contributed by atoms with E-state index in [0.29, 0.717) is 23.2 Å². The summed E-state index contributed by atoms with van der Waals surface area (Å²) in [5, 5.41) is 11.1. The monoisotopic (exact) mass is 366 g/mol. The average Bonchev–Trinajstić information content (AvgIpc) is 2.92. The molecular weight excluding hydrogens is 347 g/mol. The van der Waals surface area contributed by atoms with Gasteiger partial charge >= 0.3 is 5.97 Å². The predicted molar refractivity (Wildman–Crippen MR) is 90.3 cm³/mol. The molecule has 25 heavy (non-hydrogen) atoms. The molecule has 1 aromatic heterocycles. The Labute approximate surface area is 149 Å². The van der Waals surface area contributed by atoms with Crippen molar-refractivity contribution >= 4 is 23.6 Å². The summed E-state index contributed by atoms with van der Waals surface area (Å²) in [6, 6.07) is 6.27. The lowest BCUT2D eigenvalue weighted by Gasteiger charge is -2.06. The molecule has 9 heteroatoms. The molecule has 0 aliphatic heterocycles. The van der Waals surface area contributed by atoms with E-state index in [1.807, 2.05) is 0 Å². The van der Waals surface area contributed by atoms with Crippen LogP contribution in [0.4, 0.5) is 4.39 Å². The first kappa shape index (κ1) is 18.9. The number of carbonyl (C=O) groups is 2. The van der Waals surface area contributed by atoms with E-state index in [9.17, 15) is 14.0 Å². The highest BCUT2D eigenvalue weighted by Crippen LogP contribution is 2.16. The van der Waals surface area contributed by atoms with Crippen LogP contribution in [0.2, 0.25) is 0 Å². The molecule has 0 bridgehead atoms. The van der Waals surface area contributed by atoms with Gasteiger partial charge in [-0.1, -0.05) is 30.0 Å². The lowest BCUT2D eigenvalue weighted by atomic mass is 10.2. The Hall–Kier alpha value is -2.42. The largest absolute Gasteiger partial charge is 0.466 e. The van der Waals surface area contributed by atoms with E-state index < -0.39 is 0 Å². The van der Waals surface area contributed by atoms with Crippen molar-refractivity contribution in [3.63, 3.8) is 0 Å². The summed E-state index contributed by atoms with van der Waals surface area (Å²) in [6.07, 6.45) is 0.0252. The lowest BCUT2D eigenvalue weighted by Crippen LogP contribution is -2.25. The molecular formula is C16H19FN4O3S. The molecule has 0 aliphatic carbocycles. The summed E-state index contributed by atoms with van der Waals surface area (Å²) in [5.41, 5.74) is 0.427. The first-order valence-electron chi connectivity index (χ1n) is 7.68. The Kier molecular flexibility index (Phi) is 6.93. The zero-order valence-electron chi connectivity index (χ0n) is 14.0. The molecule has 7 nitrogen and oxygen atoms in total. The van der Waals surface area contributed by atoms with Crippen molar-refractivity contribution < 1.29 is 18.7 Å². The fourth-order valence-electron chi connectivity index (χ4n) is 1.98. The molecule has 2 aromatic rings. The number of ether oxygens (including phenoxy) is 1. The molecule has 0 saturated heterocycles. The molecule has 0 unspecified atom stereocenters. The minimum Gasteiger partial charge on any atom is -0.466 e. The van der Waals surface area contributed by atoms with E-state index in [4.69, 9.17) is 4.74 Å². The van der Waals surface area contributed by atoms with Gasteiger partial charge in [0.15, 0.2) is 5.16 Å². The van der Waals surface area contributed by atoms with Gasteiger partial charge < -0.3 is 14.6 Å². The summed E-state index contributed by atoms with van der Waals surface area (Å²) >= 11 is 1.19. The number of carbonyl (C=O) groups excluding carboxylic acids is 2. The van der Waals surface area contributed by atoms with Gasteiger partial charge in [0.05, 0.1) is 12.4 Å². The minimum atomic E-state index is -0.378. The highest BCUT2D eigenvalue weighted by molar-refractivity contribution is 7.99. The number of hydrogen-bond donors (Lipinski definition) is 1. The Morgan fingerprint density at radius 2 is 2.08 bits per heavy atom. The zero-order chi connectivity index (χ0) is 18.2. The maximum Gasteiger partial charge on any atom is 0.313 e. The van der Waals surface area contributed by atoms with Crippen molar-refractivity contribution in [3.8, 4) is 0 Å². The molecule has 0 fully saturated rings. The summed E-state index contributed by atoms with van der Waals surface area (Å²) in [4.78, 5) is 23.4. The maximum atomic E-state index is 13.5. The molecule has 0 saturated carbocycles. The number of nitrogens with one attached hydrogen (secondary N) is 1. The van der Waals surface area contributed by atoms with E-state index in [1.165, 1.54) is 17.8 Å². The van der Waals surface area contributed by atoms with Crippen molar-refractivity contribution in [2.24, 2.45) is 7.05 Å². The Morgan fingerprint density at radius 3 is 2.80 bits per heavy atom. The fourth-order valence-corrected chi connectivity index (χ4v) is 2.74.